The van der Waals surface area contributed by atoms with Crippen LogP contribution in [0.2, 0.25) is 0 Å². The fourth-order valence-electron chi connectivity index (χ4n) is 1.46. The predicted molar refractivity (Wildman–Crippen MR) is 70.3 cm³/mol. The van der Waals surface area contributed by atoms with E-state index in [1.807, 2.05) is 25.2 Å². The van der Waals surface area contributed by atoms with Crippen LogP contribution in [0.1, 0.15) is 5.56 Å². The first kappa shape index (κ1) is 14.4. The minimum absolute atomic E-state index is 0.215. The van der Waals surface area contributed by atoms with Gasteiger partial charge in [-0.05, 0) is 29.0 Å². The van der Waals surface area contributed by atoms with Gasteiger partial charge in [0.05, 0.1) is 11.1 Å². The summed E-state index contributed by atoms with van der Waals surface area (Å²) >= 11 is 3.44. The number of halogens is 1. The maximum atomic E-state index is 9.54. The molecule has 17 heavy (non-hydrogen) atoms. The highest BCUT2D eigenvalue weighted by Crippen LogP contribution is 2.29. The summed E-state index contributed by atoms with van der Waals surface area (Å²) in [6.45, 7) is 1.20. The number of nitrogens with one attached hydrogen (secondary N) is 1. The summed E-state index contributed by atoms with van der Waals surface area (Å²) in [5.74, 6) is 0.761. The van der Waals surface area contributed by atoms with E-state index in [2.05, 4.69) is 21.2 Å². The quantitative estimate of drug-likeness (QED) is 0.802. The van der Waals surface area contributed by atoms with Gasteiger partial charge in [0, 0.05) is 19.2 Å². The molecule has 0 saturated heterocycles. The van der Waals surface area contributed by atoms with Crippen molar-refractivity contribution in [1.29, 1.82) is 0 Å². The first-order valence-corrected chi connectivity index (χ1v) is 6.20. The number of hydrogen-bond donors (Lipinski definition) is 2. The van der Waals surface area contributed by atoms with Crippen molar-refractivity contribution in [2.45, 2.75) is 12.6 Å². The van der Waals surface area contributed by atoms with Crippen molar-refractivity contribution in [3.8, 4) is 5.75 Å². The Morgan fingerprint density at radius 1 is 1.41 bits per heavy atom. The van der Waals surface area contributed by atoms with Crippen molar-refractivity contribution in [3.05, 3.63) is 28.2 Å². The van der Waals surface area contributed by atoms with Crippen LogP contribution in [0.15, 0.2) is 22.7 Å². The van der Waals surface area contributed by atoms with Gasteiger partial charge in [-0.2, -0.15) is 0 Å². The summed E-state index contributed by atoms with van der Waals surface area (Å²) in [6.07, 6.45) is -0.616. The molecule has 1 aromatic carbocycles. The standard InChI is InChI=1S/C12H18BrNO3/c1-14-6-9-4-3-5-11(13)12(9)17-8-10(15)7-16-2/h3-5,10,14-15H,6-8H2,1-2H3. The van der Waals surface area contributed by atoms with Crippen LogP contribution in [-0.2, 0) is 11.3 Å². The van der Waals surface area contributed by atoms with Gasteiger partial charge >= 0.3 is 0 Å². The number of benzene rings is 1. The molecule has 0 fully saturated rings. The van der Waals surface area contributed by atoms with Crippen LogP contribution < -0.4 is 10.1 Å². The van der Waals surface area contributed by atoms with Crippen molar-refractivity contribution < 1.29 is 14.6 Å². The molecule has 0 aliphatic carbocycles. The highest BCUT2D eigenvalue weighted by molar-refractivity contribution is 9.10. The maximum Gasteiger partial charge on any atom is 0.138 e. The zero-order valence-electron chi connectivity index (χ0n) is 10.1. The molecule has 96 valence electrons. The summed E-state index contributed by atoms with van der Waals surface area (Å²) in [7, 11) is 3.43. The van der Waals surface area contributed by atoms with E-state index < -0.39 is 6.10 Å². The molecule has 0 aliphatic heterocycles. The van der Waals surface area contributed by atoms with Crippen LogP contribution in [0.5, 0.6) is 5.75 Å². The molecule has 0 bridgehead atoms. The Kier molecular flexibility index (Phi) is 6.50. The molecule has 5 heteroatoms. The highest BCUT2D eigenvalue weighted by atomic mass is 79.9. The molecule has 0 heterocycles. The third-order valence-corrected chi connectivity index (χ3v) is 2.82. The third kappa shape index (κ3) is 4.63. The van der Waals surface area contributed by atoms with Crippen molar-refractivity contribution in [3.63, 3.8) is 0 Å². The second kappa shape index (κ2) is 7.66. The largest absolute Gasteiger partial charge is 0.489 e. The van der Waals surface area contributed by atoms with Gasteiger partial charge in [0.25, 0.3) is 0 Å². The smallest absolute Gasteiger partial charge is 0.138 e. The number of ether oxygens (including phenoxy) is 2. The van der Waals surface area contributed by atoms with Crippen LogP contribution in [0.25, 0.3) is 0 Å². The number of para-hydroxylation sites is 1. The van der Waals surface area contributed by atoms with Gasteiger partial charge in [-0.1, -0.05) is 12.1 Å². The Hall–Kier alpha value is -0.620. The van der Waals surface area contributed by atoms with Gasteiger partial charge in [0.15, 0.2) is 0 Å². The second-order valence-electron chi connectivity index (χ2n) is 3.68. The van der Waals surface area contributed by atoms with Crippen molar-refractivity contribution >= 4 is 15.9 Å². The molecule has 0 radical (unpaired) electrons. The molecular weight excluding hydrogens is 286 g/mol. The minimum Gasteiger partial charge on any atom is -0.489 e. The van der Waals surface area contributed by atoms with Crippen molar-refractivity contribution in [2.24, 2.45) is 0 Å². The lowest BCUT2D eigenvalue weighted by atomic mass is 10.2. The molecule has 4 nitrogen and oxygen atoms in total. The van der Waals surface area contributed by atoms with E-state index in [0.717, 1.165) is 22.3 Å². The summed E-state index contributed by atoms with van der Waals surface area (Å²) < 4.78 is 11.3. The zero-order chi connectivity index (χ0) is 12.7. The number of aliphatic hydroxyl groups excluding tert-OH is 1. The van der Waals surface area contributed by atoms with Gasteiger partial charge in [-0.25, -0.2) is 0 Å². The lowest BCUT2D eigenvalue weighted by Gasteiger charge is -2.15. The zero-order valence-corrected chi connectivity index (χ0v) is 11.7. The molecule has 0 spiro atoms. The summed E-state index contributed by atoms with van der Waals surface area (Å²) in [6, 6.07) is 5.85. The normalized spacial score (nSPS) is 12.5. The molecule has 2 N–H and O–H groups in total. The number of methoxy groups -OCH3 is 1. The van der Waals surface area contributed by atoms with E-state index in [9.17, 15) is 5.11 Å². The lowest BCUT2D eigenvalue weighted by Crippen LogP contribution is -2.23. The van der Waals surface area contributed by atoms with Gasteiger partial charge < -0.3 is 19.9 Å². The SMILES string of the molecule is CNCc1cccc(Br)c1OCC(O)COC. The molecule has 0 amide bonds. The molecule has 1 rings (SSSR count). The molecule has 1 atom stereocenters. The molecule has 0 aliphatic rings. The molecular formula is C12H18BrNO3. The topological polar surface area (TPSA) is 50.7 Å². The van der Waals surface area contributed by atoms with Gasteiger partial charge in [-0.3, -0.25) is 0 Å². The Morgan fingerprint density at radius 3 is 2.82 bits per heavy atom. The van der Waals surface area contributed by atoms with Crippen LogP contribution in [0.4, 0.5) is 0 Å². The Morgan fingerprint density at radius 2 is 2.18 bits per heavy atom. The Labute approximate surface area is 110 Å². The first-order chi connectivity index (χ1) is 8.19. The molecule has 1 aromatic rings. The van der Waals surface area contributed by atoms with Crippen LogP contribution in [-0.4, -0.2) is 38.6 Å². The Balaban J connectivity index is 2.68. The molecule has 1 unspecified atom stereocenters. The Bertz CT molecular complexity index is 347. The fourth-order valence-corrected chi connectivity index (χ4v) is 1.99. The van der Waals surface area contributed by atoms with E-state index in [4.69, 9.17) is 9.47 Å². The maximum absolute atomic E-state index is 9.54. The van der Waals surface area contributed by atoms with Crippen molar-refractivity contribution in [2.75, 3.05) is 27.4 Å². The minimum atomic E-state index is -0.616. The number of hydrogen-bond acceptors (Lipinski definition) is 4. The van der Waals surface area contributed by atoms with Gasteiger partial charge in [-0.15, -0.1) is 0 Å². The monoisotopic (exact) mass is 303 g/mol. The summed E-state index contributed by atoms with van der Waals surface area (Å²) in [4.78, 5) is 0. The van der Waals surface area contributed by atoms with E-state index >= 15 is 0 Å². The third-order valence-electron chi connectivity index (χ3n) is 2.19. The van der Waals surface area contributed by atoms with E-state index in [1.54, 1.807) is 7.11 Å². The second-order valence-corrected chi connectivity index (χ2v) is 4.53. The van der Waals surface area contributed by atoms with Gasteiger partial charge in [0.1, 0.15) is 18.5 Å². The average Bonchev–Trinajstić information content (AvgIpc) is 2.29. The summed E-state index contributed by atoms with van der Waals surface area (Å²) in [5, 5.41) is 12.6. The van der Waals surface area contributed by atoms with E-state index in [-0.39, 0.29) is 13.2 Å². The molecule has 0 aromatic heterocycles. The van der Waals surface area contributed by atoms with E-state index in [0.29, 0.717) is 0 Å². The average molecular weight is 304 g/mol. The van der Waals surface area contributed by atoms with Crippen LogP contribution in [0.3, 0.4) is 0 Å². The van der Waals surface area contributed by atoms with Crippen LogP contribution in [0, 0.1) is 0 Å². The van der Waals surface area contributed by atoms with Gasteiger partial charge in [0.2, 0.25) is 0 Å². The first-order valence-electron chi connectivity index (χ1n) is 5.40. The number of aliphatic hydroxyl groups is 1. The molecule has 0 saturated carbocycles. The number of rotatable bonds is 7. The highest BCUT2D eigenvalue weighted by Gasteiger charge is 2.10. The van der Waals surface area contributed by atoms with Crippen LogP contribution >= 0.6 is 15.9 Å². The van der Waals surface area contributed by atoms with Crippen molar-refractivity contribution in [1.82, 2.24) is 5.32 Å². The van der Waals surface area contributed by atoms with E-state index in [1.165, 1.54) is 0 Å². The summed E-state index contributed by atoms with van der Waals surface area (Å²) in [5.41, 5.74) is 1.05. The fraction of sp³-hybridized carbons (Fsp3) is 0.500. The lowest BCUT2D eigenvalue weighted by molar-refractivity contribution is 0.0321. The predicted octanol–water partition coefficient (Wildman–Crippen LogP) is 1.55.